The van der Waals surface area contributed by atoms with Crippen LogP contribution in [0.4, 0.5) is 0 Å². The van der Waals surface area contributed by atoms with E-state index in [-0.39, 0.29) is 11.5 Å². The summed E-state index contributed by atoms with van der Waals surface area (Å²) in [5.74, 6) is 0.835. The highest BCUT2D eigenvalue weighted by Crippen LogP contribution is 2.42. The molecule has 1 atom stereocenters. The van der Waals surface area contributed by atoms with Gasteiger partial charge in [-0.05, 0) is 54.6 Å². The number of rotatable bonds is 4. The van der Waals surface area contributed by atoms with Crippen LogP contribution in [0.3, 0.4) is 0 Å². The van der Waals surface area contributed by atoms with Crippen molar-refractivity contribution in [1.29, 1.82) is 0 Å². The molecule has 1 aromatic carbocycles. The van der Waals surface area contributed by atoms with Crippen molar-refractivity contribution in [3.63, 3.8) is 0 Å². The zero-order valence-corrected chi connectivity index (χ0v) is 15.2. The van der Waals surface area contributed by atoms with Gasteiger partial charge in [-0.2, -0.15) is 0 Å². The minimum absolute atomic E-state index is 0.240. The topological polar surface area (TPSA) is 38.8 Å². The van der Waals surface area contributed by atoms with Crippen molar-refractivity contribution < 1.29 is 14.3 Å². The molecule has 1 spiro atoms. The van der Waals surface area contributed by atoms with E-state index in [9.17, 15) is 4.79 Å². The van der Waals surface area contributed by atoms with Gasteiger partial charge in [0, 0.05) is 26.6 Å². The van der Waals surface area contributed by atoms with Crippen molar-refractivity contribution in [2.45, 2.75) is 44.6 Å². The predicted molar refractivity (Wildman–Crippen MR) is 96.4 cm³/mol. The fraction of sp³-hybridized carbons (Fsp3) is 0.667. The van der Waals surface area contributed by atoms with E-state index in [2.05, 4.69) is 29.2 Å². The van der Waals surface area contributed by atoms with E-state index in [0.29, 0.717) is 24.9 Å². The molecule has 136 valence electrons. The SMILES string of the molecule is COC[C@H]1CC2(CCN(C(=O)CC3Cc4ccccc4C3)CC2)CO1. The van der Waals surface area contributed by atoms with Gasteiger partial charge in [-0.25, -0.2) is 0 Å². The second kappa shape index (κ2) is 7.08. The van der Waals surface area contributed by atoms with Crippen molar-refractivity contribution in [1.82, 2.24) is 4.90 Å². The molecule has 1 aromatic rings. The average Bonchev–Trinajstić information content (AvgIpc) is 3.19. The van der Waals surface area contributed by atoms with Crippen molar-refractivity contribution in [2.24, 2.45) is 11.3 Å². The zero-order chi connectivity index (χ0) is 17.3. The summed E-state index contributed by atoms with van der Waals surface area (Å²) in [6.45, 7) is 3.30. The predicted octanol–water partition coefficient (Wildman–Crippen LogP) is 2.84. The Kier molecular flexibility index (Phi) is 4.83. The van der Waals surface area contributed by atoms with Crippen LogP contribution in [0.25, 0.3) is 0 Å². The number of methoxy groups -OCH3 is 1. The van der Waals surface area contributed by atoms with Crippen LogP contribution in [-0.4, -0.2) is 50.3 Å². The van der Waals surface area contributed by atoms with Gasteiger partial charge in [-0.1, -0.05) is 24.3 Å². The van der Waals surface area contributed by atoms with Gasteiger partial charge in [0.2, 0.25) is 5.91 Å². The van der Waals surface area contributed by atoms with Crippen LogP contribution >= 0.6 is 0 Å². The highest BCUT2D eigenvalue weighted by molar-refractivity contribution is 5.76. The molecule has 3 aliphatic rings. The summed E-state index contributed by atoms with van der Waals surface area (Å²) in [5.41, 5.74) is 3.15. The minimum Gasteiger partial charge on any atom is -0.382 e. The Balaban J connectivity index is 1.27. The number of amides is 1. The lowest BCUT2D eigenvalue weighted by molar-refractivity contribution is -0.134. The summed E-state index contributed by atoms with van der Waals surface area (Å²) in [5, 5.41) is 0. The highest BCUT2D eigenvalue weighted by atomic mass is 16.5. The molecule has 0 bridgehead atoms. The van der Waals surface area contributed by atoms with E-state index in [4.69, 9.17) is 9.47 Å². The van der Waals surface area contributed by atoms with Crippen LogP contribution in [0.15, 0.2) is 24.3 Å². The number of benzene rings is 1. The Morgan fingerprint density at radius 2 is 1.92 bits per heavy atom. The number of hydrogen-bond donors (Lipinski definition) is 0. The fourth-order valence-electron chi connectivity index (χ4n) is 4.94. The number of hydrogen-bond acceptors (Lipinski definition) is 3. The van der Waals surface area contributed by atoms with Gasteiger partial charge >= 0.3 is 0 Å². The second-order valence-electron chi connectivity index (χ2n) is 8.22. The van der Waals surface area contributed by atoms with Crippen molar-refractivity contribution in [3.05, 3.63) is 35.4 Å². The molecule has 2 heterocycles. The molecule has 1 amide bonds. The first kappa shape index (κ1) is 17.0. The first-order chi connectivity index (χ1) is 12.2. The summed E-state index contributed by atoms with van der Waals surface area (Å²) >= 11 is 0. The molecular formula is C21H29NO3. The van der Waals surface area contributed by atoms with E-state index in [1.807, 2.05) is 0 Å². The molecule has 4 heteroatoms. The minimum atomic E-state index is 0.240. The summed E-state index contributed by atoms with van der Waals surface area (Å²) in [6, 6.07) is 8.63. The maximum Gasteiger partial charge on any atom is 0.222 e. The molecule has 4 nitrogen and oxygen atoms in total. The van der Waals surface area contributed by atoms with E-state index in [1.165, 1.54) is 11.1 Å². The normalized spacial score (nSPS) is 25.5. The standard InChI is InChI=1S/C21H29NO3/c1-24-14-19-13-21(15-25-19)6-8-22(9-7-21)20(23)12-16-10-17-4-2-3-5-18(17)11-16/h2-5,16,19H,6-15H2,1H3/t19-/m1/s1. The number of ether oxygens (including phenoxy) is 2. The molecule has 25 heavy (non-hydrogen) atoms. The smallest absolute Gasteiger partial charge is 0.222 e. The van der Waals surface area contributed by atoms with Crippen molar-refractivity contribution in [2.75, 3.05) is 33.4 Å². The molecule has 2 saturated heterocycles. The van der Waals surface area contributed by atoms with Crippen LogP contribution in [0.5, 0.6) is 0 Å². The lowest BCUT2D eigenvalue weighted by atomic mass is 9.76. The van der Waals surface area contributed by atoms with E-state index < -0.39 is 0 Å². The number of likely N-dealkylation sites (tertiary alicyclic amines) is 1. The van der Waals surface area contributed by atoms with Gasteiger partial charge in [-0.3, -0.25) is 4.79 Å². The third-order valence-electron chi connectivity index (χ3n) is 6.41. The molecule has 0 N–H and O–H groups in total. The average molecular weight is 343 g/mol. The van der Waals surface area contributed by atoms with Gasteiger partial charge < -0.3 is 14.4 Å². The zero-order valence-electron chi connectivity index (χ0n) is 15.2. The van der Waals surface area contributed by atoms with E-state index in [1.54, 1.807) is 7.11 Å². The quantitative estimate of drug-likeness (QED) is 0.844. The van der Waals surface area contributed by atoms with Gasteiger partial charge in [-0.15, -0.1) is 0 Å². The Hall–Kier alpha value is -1.39. The molecule has 0 unspecified atom stereocenters. The summed E-state index contributed by atoms with van der Waals surface area (Å²) in [6.07, 6.45) is 6.29. The third kappa shape index (κ3) is 3.61. The summed E-state index contributed by atoms with van der Waals surface area (Å²) in [7, 11) is 1.73. The number of piperidine rings is 1. The lowest BCUT2D eigenvalue weighted by Gasteiger charge is -2.38. The Labute approximate surface area is 150 Å². The Bertz CT molecular complexity index is 596. The Morgan fingerprint density at radius 1 is 1.24 bits per heavy atom. The molecule has 1 aliphatic carbocycles. The maximum atomic E-state index is 12.7. The van der Waals surface area contributed by atoms with Gasteiger partial charge in [0.1, 0.15) is 0 Å². The number of fused-ring (bicyclic) bond motifs is 1. The number of carbonyl (C=O) groups excluding carboxylic acids is 1. The maximum absolute atomic E-state index is 12.7. The second-order valence-corrected chi connectivity index (χ2v) is 8.22. The van der Waals surface area contributed by atoms with Crippen LogP contribution in [0, 0.1) is 11.3 Å². The number of carbonyl (C=O) groups is 1. The largest absolute Gasteiger partial charge is 0.382 e. The molecule has 0 radical (unpaired) electrons. The lowest BCUT2D eigenvalue weighted by Crippen LogP contribution is -2.44. The van der Waals surface area contributed by atoms with Crippen LogP contribution in [0.2, 0.25) is 0 Å². The number of nitrogens with zero attached hydrogens (tertiary/aromatic N) is 1. The van der Waals surface area contributed by atoms with E-state index >= 15 is 0 Å². The van der Waals surface area contributed by atoms with Crippen LogP contribution in [-0.2, 0) is 27.1 Å². The van der Waals surface area contributed by atoms with Gasteiger partial charge in [0.15, 0.2) is 0 Å². The Morgan fingerprint density at radius 3 is 2.56 bits per heavy atom. The fourth-order valence-corrected chi connectivity index (χ4v) is 4.94. The molecular weight excluding hydrogens is 314 g/mol. The van der Waals surface area contributed by atoms with Gasteiger partial charge in [0.25, 0.3) is 0 Å². The monoisotopic (exact) mass is 343 g/mol. The molecule has 4 rings (SSSR count). The third-order valence-corrected chi connectivity index (χ3v) is 6.41. The highest BCUT2D eigenvalue weighted by Gasteiger charge is 2.43. The summed E-state index contributed by atoms with van der Waals surface area (Å²) in [4.78, 5) is 14.8. The van der Waals surface area contributed by atoms with E-state index in [0.717, 1.165) is 51.8 Å². The first-order valence-electron chi connectivity index (χ1n) is 9.62. The van der Waals surface area contributed by atoms with Crippen molar-refractivity contribution in [3.8, 4) is 0 Å². The van der Waals surface area contributed by atoms with Crippen LogP contribution < -0.4 is 0 Å². The molecule has 0 saturated carbocycles. The molecule has 2 fully saturated rings. The van der Waals surface area contributed by atoms with Gasteiger partial charge in [0.05, 0.1) is 19.3 Å². The summed E-state index contributed by atoms with van der Waals surface area (Å²) < 4.78 is 11.1. The first-order valence-corrected chi connectivity index (χ1v) is 9.62. The molecule has 2 aliphatic heterocycles. The molecule has 0 aromatic heterocycles. The van der Waals surface area contributed by atoms with Crippen LogP contribution in [0.1, 0.15) is 36.8 Å². The van der Waals surface area contributed by atoms with Crippen molar-refractivity contribution >= 4 is 5.91 Å².